The van der Waals surface area contributed by atoms with Gasteiger partial charge in [0.05, 0.1) is 18.0 Å². The van der Waals surface area contributed by atoms with Crippen LogP contribution < -0.4 is 10.6 Å². The molecule has 0 aliphatic rings. The average Bonchev–Trinajstić information content (AvgIpc) is 3.30. The van der Waals surface area contributed by atoms with Gasteiger partial charge >= 0.3 is 0 Å². The Morgan fingerprint density at radius 1 is 0.906 bits per heavy atom. The quantitative estimate of drug-likeness (QED) is 0.483. The minimum atomic E-state index is -0.360. The predicted molar refractivity (Wildman–Crippen MR) is 118 cm³/mol. The summed E-state index contributed by atoms with van der Waals surface area (Å²) in [4.78, 5) is 29.6. The second kappa shape index (κ2) is 9.13. The van der Waals surface area contributed by atoms with Crippen LogP contribution in [0, 0.1) is 0 Å². The van der Waals surface area contributed by atoms with E-state index in [1.807, 2.05) is 24.5 Å². The number of aromatic nitrogens is 6. The molecule has 0 spiro atoms. The van der Waals surface area contributed by atoms with Crippen LogP contribution >= 0.6 is 0 Å². The molecule has 10 heteroatoms. The van der Waals surface area contributed by atoms with Gasteiger partial charge < -0.3 is 15.2 Å². The summed E-state index contributed by atoms with van der Waals surface area (Å²) in [7, 11) is 0. The van der Waals surface area contributed by atoms with Crippen LogP contribution in [0.1, 0.15) is 40.6 Å². The molecule has 0 fully saturated rings. The van der Waals surface area contributed by atoms with Crippen LogP contribution in [0.4, 0.5) is 11.5 Å². The van der Waals surface area contributed by atoms with E-state index in [0.717, 1.165) is 0 Å². The fourth-order valence-electron chi connectivity index (χ4n) is 2.99. The maximum atomic E-state index is 12.8. The molecule has 10 nitrogen and oxygen atoms in total. The van der Waals surface area contributed by atoms with Gasteiger partial charge in [-0.2, -0.15) is 10.2 Å². The summed E-state index contributed by atoms with van der Waals surface area (Å²) in [6.45, 7) is 4.05. The molecule has 0 saturated carbocycles. The van der Waals surface area contributed by atoms with Gasteiger partial charge in [0, 0.05) is 17.3 Å². The number of carbonyl (C=O) groups is 2. The molecule has 2 N–H and O–H groups in total. The van der Waals surface area contributed by atoms with Gasteiger partial charge in [0.25, 0.3) is 11.8 Å². The predicted octanol–water partition coefficient (Wildman–Crippen LogP) is 3.22. The summed E-state index contributed by atoms with van der Waals surface area (Å²) in [6.07, 6.45) is 4.45. The highest BCUT2D eigenvalue weighted by atomic mass is 16.2. The second-order valence-electron chi connectivity index (χ2n) is 7.18. The molecule has 2 amide bonds. The number of hydrogen-bond acceptors (Lipinski definition) is 7. The molecular formula is C22H20N8O2. The summed E-state index contributed by atoms with van der Waals surface area (Å²) in [5, 5.41) is 21.0. The first-order valence-electron chi connectivity index (χ1n) is 9.87. The molecule has 0 bridgehead atoms. The third-order valence-corrected chi connectivity index (χ3v) is 4.58. The van der Waals surface area contributed by atoms with Crippen molar-refractivity contribution in [2.45, 2.75) is 19.9 Å². The Bertz CT molecular complexity index is 1250. The maximum absolute atomic E-state index is 12.8. The fraction of sp³-hybridized carbons (Fsp3) is 0.136. The number of anilines is 2. The van der Waals surface area contributed by atoms with Crippen molar-refractivity contribution in [2.75, 3.05) is 10.6 Å². The zero-order valence-electron chi connectivity index (χ0n) is 17.4. The number of nitrogens with one attached hydrogen (secondary N) is 2. The van der Waals surface area contributed by atoms with Crippen molar-refractivity contribution in [1.82, 2.24) is 29.9 Å². The van der Waals surface area contributed by atoms with E-state index in [-0.39, 0.29) is 17.9 Å². The molecule has 3 heterocycles. The molecule has 4 aromatic rings. The lowest BCUT2D eigenvalue weighted by Gasteiger charge is -2.11. The van der Waals surface area contributed by atoms with Crippen LogP contribution in [0.5, 0.6) is 0 Å². The molecule has 3 aromatic heterocycles. The lowest BCUT2D eigenvalue weighted by molar-refractivity contribution is 0.101. The van der Waals surface area contributed by atoms with Crippen LogP contribution in [-0.2, 0) is 0 Å². The Hall–Kier alpha value is -4.47. The van der Waals surface area contributed by atoms with Gasteiger partial charge in [0.2, 0.25) is 0 Å². The van der Waals surface area contributed by atoms with Crippen LogP contribution in [0.15, 0.2) is 67.3 Å². The number of amides is 2. The van der Waals surface area contributed by atoms with E-state index in [1.54, 1.807) is 48.8 Å². The molecule has 0 atom stereocenters. The summed E-state index contributed by atoms with van der Waals surface area (Å²) in [5.41, 5.74) is 1.81. The average molecular weight is 428 g/mol. The van der Waals surface area contributed by atoms with Crippen molar-refractivity contribution >= 4 is 23.3 Å². The van der Waals surface area contributed by atoms with Crippen molar-refractivity contribution in [3.05, 3.63) is 78.4 Å². The zero-order valence-corrected chi connectivity index (χ0v) is 17.4. The molecule has 0 radical (unpaired) electrons. The largest absolute Gasteiger partial charge is 0.322 e. The fourth-order valence-corrected chi connectivity index (χ4v) is 2.99. The van der Waals surface area contributed by atoms with E-state index in [2.05, 4.69) is 36.0 Å². The maximum Gasteiger partial charge on any atom is 0.257 e. The number of benzene rings is 1. The number of pyridine rings is 1. The second-order valence-corrected chi connectivity index (χ2v) is 7.18. The number of rotatable bonds is 6. The Balaban J connectivity index is 1.49. The van der Waals surface area contributed by atoms with Gasteiger partial charge in [-0.05, 0) is 50.2 Å². The monoisotopic (exact) mass is 428 g/mol. The Morgan fingerprint density at radius 3 is 2.50 bits per heavy atom. The first-order valence-corrected chi connectivity index (χ1v) is 9.87. The number of hydrogen-bond donors (Lipinski definition) is 2. The molecule has 4 rings (SSSR count). The van der Waals surface area contributed by atoms with E-state index >= 15 is 0 Å². The summed E-state index contributed by atoms with van der Waals surface area (Å²) in [6, 6.07) is 13.6. The SMILES string of the molecule is CC(C)n1cnnc1-c1cccc(NC(=O)c2cccc(NC(=O)c3ccnnc3)c2)n1. The molecule has 32 heavy (non-hydrogen) atoms. The normalized spacial score (nSPS) is 10.7. The smallest absolute Gasteiger partial charge is 0.257 e. The lowest BCUT2D eigenvalue weighted by Crippen LogP contribution is -2.15. The number of nitrogens with zero attached hydrogens (tertiary/aromatic N) is 6. The van der Waals surface area contributed by atoms with Crippen molar-refractivity contribution in [3.63, 3.8) is 0 Å². The molecule has 160 valence electrons. The van der Waals surface area contributed by atoms with Gasteiger partial charge in [-0.25, -0.2) is 4.98 Å². The van der Waals surface area contributed by atoms with Gasteiger partial charge in [-0.1, -0.05) is 12.1 Å². The van der Waals surface area contributed by atoms with E-state index in [0.29, 0.717) is 34.2 Å². The molecule has 0 unspecified atom stereocenters. The van der Waals surface area contributed by atoms with E-state index in [1.165, 1.54) is 12.4 Å². The first kappa shape index (κ1) is 20.8. The van der Waals surface area contributed by atoms with Gasteiger partial charge in [-0.3, -0.25) is 9.59 Å². The minimum absolute atomic E-state index is 0.168. The van der Waals surface area contributed by atoms with Crippen molar-refractivity contribution in [3.8, 4) is 11.5 Å². The van der Waals surface area contributed by atoms with Gasteiger partial charge in [0.15, 0.2) is 5.82 Å². The van der Waals surface area contributed by atoms with Crippen LogP contribution in [0.25, 0.3) is 11.5 Å². The topological polar surface area (TPSA) is 128 Å². The standard InChI is InChI=1S/C22H20N8O2/c1-14(2)30-13-25-29-20(30)18-7-4-8-19(27-18)28-21(31)15-5-3-6-17(11-15)26-22(32)16-9-10-23-24-12-16/h3-14H,1-2H3,(H,26,32)(H,27,28,31). The number of carbonyl (C=O) groups excluding carboxylic acids is 2. The zero-order chi connectivity index (χ0) is 22.5. The summed E-state index contributed by atoms with van der Waals surface area (Å²) >= 11 is 0. The highest BCUT2D eigenvalue weighted by Gasteiger charge is 2.14. The Labute approximate surface area is 183 Å². The Morgan fingerprint density at radius 2 is 1.72 bits per heavy atom. The van der Waals surface area contributed by atoms with Crippen molar-refractivity contribution in [1.29, 1.82) is 0 Å². The van der Waals surface area contributed by atoms with E-state index < -0.39 is 0 Å². The van der Waals surface area contributed by atoms with Crippen molar-refractivity contribution in [2.24, 2.45) is 0 Å². The molecular weight excluding hydrogens is 408 g/mol. The van der Waals surface area contributed by atoms with Crippen molar-refractivity contribution < 1.29 is 9.59 Å². The third kappa shape index (κ3) is 4.64. The van der Waals surface area contributed by atoms with Crippen LogP contribution in [-0.4, -0.2) is 41.8 Å². The van der Waals surface area contributed by atoms with E-state index in [4.69, 9.17) is 0 Å². The summed E-state index contributed by atoms with van der Waals surface area (Å²) < 4.78 is 1.90. The van der Waals surface area contributed by atoms with Crippen LogP contribution in [0.3, 0.4) is 0 Å². The first-order chi connectivity index (χ1) is 15.5. The van der Waals surface area contributed by atoms with E-state index in [9.17, 15) is 9.59 Å². The Kier molecular flexibility index (Phi) is 5.93. The molecule has 0 aliphatic carbocycles. The van der Waals surface area contributed by atoms with Gasteiger partial charge in [0.1, 0.15) is 17.8 Å². The minimum Gasteiger partial charge on any atom is -0.322 e. The summed E-state index contributed by atoms with van der Waals surface area (Å²) in [5.74, 6) is 0.289. The van der Waals surface area contributed by atoms with Crippen LogP contribution in [0.2, 0.25) is 0 Å². The highest BCUT2D eigenvalue weighted by molar-refractivity contribution is 6.07. The molecule has 0 saturated heterocycles. The van der Waals surface area contributed by atoms with Gasteiger partial charge in [-0.15, -0.1) is 10.2 Å². The highest BCUT2D eigenvalue weighted by Crippen LogP contribution is 2.20. The third-order valence-electron chi connectivity index (χ3n) is 4.58. The molecule has 1 aromatic carbocycles. The molecule has 0 aliphatic heterocycles. The lowest BCUT2D eigenvalue weighted by atomic mass is 10.1.